The van der Waals surface area contributed by atoms with Crippen LogP contribution in [0.1, 0.15) is 46.0 Å². The first-order valence-corrected chi connectivity index (χ1v) is 10.2. The number of aliphatic imine (C=N–C) groups is 1. The number of hydrogen-bond acceptors (Lipinski definition) is 3. The predicted molar refractivity (Wildman–Crippen MR) is 119 cm³/mol. The first-order chi connectivity index (χ1) is 11.3. The second-order valence-corrected chi connectivity index (χ2v) is 7.29. The van der Waals surface area contributed by atoms with Crippen LogP contribution in [0.25, 0.3) is 0 Å². The predicted octanol–water partition coefficient (Wildman–Crippen LogP) is 4.07. The molecule has 24 heavy (non-hydrogen) atoms. The van der Waals surface area contributed by atoms with Crippen LogP contribution in [0.4, 0.5) is 0 Å². The Labute approximate surface area is 170 Å². The van der Waals surface area contributed by atoms with Crippen LogP contribution in [0, 0.1) is 5.41 Å². The summed E-state index contributed by atoms with van der Waals surface area (Å²) in [6, 6.07) is 0. The van der Waals surface area contributed by atoms with E-state index in [1.54, 1.807) is 0 Å². The molecular formula is C18H36IN3OS. The molecule has 0 unspecified atom stereocenters. The number of ether oxygens (including phenoxy) is 1. The molecule has 0 amide bonds. The van der Waals surface area contributed by atoms with E-state index in [1.807, 2.05) is 17.8 Å². The topological polar surface area (TPSA) is 45.7 Å². The Balaban J connectivity index is 0.00000529. The van der Waals surface area contributed by atoms with E-state index in [4.69, 9.17) is 9.73 Å². The SMILES string of the molecule is C=CCSCCNC(=NCC1(CCOCC)CCCC1)NCC.I. The van der Waals surface area contributed by atoms with Gasteiger partial charge in [0, 0.05) is 44.4 Å². The van der Waals surface area contributed by atoms with Crippen molar-refractivity contribution in [3.05, 3.63) is 12.7 Å². The average Bonchev–Trinajstić information content (AvgIpc) is 3.02. The second-order valence-electron chi connectivity index (χ2n) is 6.14. The monoisotopic (exact) mass is 469 g/mol. The van der Waals surface area contributed by atoms with Crippen LogP contribution in [0.15, 0.2) is 17.6 Å². The van der Waals surface area contributed by atoms with E-state index in [2.05, 4.69) is 31.1 Å². The molecule has 1 rings (SSSR count). The highest BCUT2D eigenvalue weighted by Crippen LogP contribution is 2.41. The molecule has 1 aliphatic carbocycles. The van der Waals surface area contributed by atoms with E-state index >= 15 is 0 Å². The van der Waals surface area contributed by atoms with Crippen molar-refractivity contribution >= 4 is 41.7 Å². The molecule has 0 bridgehead atoms. The Morgan fingerprint density at radius 2 is 2.04 bits per heavy atom. The maximum absolute atomic E-state index is 5.59. The number of halogens is 1. The molecule has 0 saturated heterocycles. The number of nitrogens with zero attached hydrogens (tertiary/aromatic N) is 1. The Hall–Kier alpha value is 0.0500. The number of nitrogens with one attached hydrogen (secondary N) is 2. The number of thioether (sulfide) groups is 1. The Kier molecular flexibility index (Phi) is 15.3. The normalized spacial score (nSPS) is 16.5. The zero-order chi connectivity index (χ0) is 16.8. The van der Waals surface area contributed by atoms with Gasteiger partial charge in [0.1, 0.15) is 0 Å². The van der Waals surface area contributed by atoms with Gasteiger partial charge >= 0.3 is 0 Å². The lowest BCUT2D eigenvalue weighted by molar-refractivity contribution is 0.107. The molecular weight excluding hydrogens is 433 g/mol. The second kappa shape index (κ2) is 15.3. The minimum Gasteiger partial charge on any atom is -0.382 e. The molecule has 0 heterocycles. The van der Waals surface area contributed by atoms with Gasteiger partial charge < -0.3 is 15.4 Å². The minimum absolute atomic E-state index is 0. The molecule has 0 spiro atoms. The summed E-state index contributed by atoms with van der Waals surface area (Å²) < 4.78 is 5.59. The van der Waals surface area contributed by atoms with Crippen molar-refractivity contribution < 1.29 is 4.74 Å². The number of rotatable bonds is 12. The van der Waals surface area contributed by atoms with Crippen molar-refractivity contribution in [3.63, 3.8) is 0 Å². The van der Waals surface area contributed by atoms with Crippen molar-refractivity contribution in [3.8, 4) is 0 Å². The van der Waals surface area contributed by atoms with Gasteiger partial charge in [0.05, 0.1) is 0 Å². The number of guanidine groups is 1. The summed E-state index contributed by atoms with van der Waals surface area (Å²) in [5.74, 6) is 3.04. The Morgan fingerprint density at radius 3 is 2.67 bits per heavy atom. The first kappa shape index (κ1) is 24.1. The molecule has 0 aromatic heterocycles. The Bertz CT molecular complexity index is 347. The molecule has 0 radical (unpaired) electrons. The standard InChI is InChI=1S/C18H35N3OS.HI/c1-4-14-23-15-12-20-17(19-5-2)21-16-18(9-7-8-10-18)11-13-22-6-3;/h4H,1,5-16H2,2-3H3,(H2,19,20,21);1H. The van der Waals surface area contributed by atoms with Crippen LogP contribution in [-0.4, -0.2) is 50.3 Å². The van der Waals surface area contributed by atoms with E-state index in [9.17, 15) is 0 Å². The highest BCUT2D eigenvalue weighted by Gasteiger charge is 2.33. The summed E-state index contributed by atoms with van der Waals surface area (Å²) in [6.45, 7) is 12.4. The van der Waals surface area contributed by atoms with Gasteiger partial charge in [-0.3, -0.25) is 4.99 Å². The van der Waals surface area contributed by atoms with Crippen molar-refractivity contribution in [2.75, 3.05) is 44.4 Å². The highest BCUT2D eigenvalue weighted by atomic mass is 127. The smallest absolute Gasteiger partial charge is 0.191 e. The van der Waals surface area contributed by atoms with Crippen LogP contribution in [0.3, 0.4) is 0 Å². The molecule has 1 fully saturated rings. The third kappa shape index (κ3) is 10.1. The van der Waals surface area contributed by atoms with Gasteiger partial charge in [-0.25, -0.2) is 0 Å². The average molecular weight is 469 g/mol. The molecule has 142 valence electrons. The fraction of sp³-hybridized carbons (Fsp3) is 0.833. The molecule has 1 saturated carbocycles. The first-order valence-electron chi connectivity index (χ1n) is 9.05. The minimum atomic E-state index is 0. The van der Waals surface area contributed by atoms with E-state index < -0.39 is 0 Å². The van der Waals surface area contributed by atoms with Gasteiger partial charge in [-0.2, -0.15) is 11.8 Å². The zero-order valence-electron chi connectivity index (χ0n) is 15.4. The molecule has 4 nitrogen and oxygen atoms in total. The lowest BCUT2D eigenvalue weighted by atomic mass is 9.83. The maximum Gasteiger partial charge on any atom is 0.191 e. The summed E-state index contributed by atoms with van der Waals surface area (Å²) in [6.07, 6.45) is 8.34. The molecule has 0 aromatic carbocycles. The largest absolute Gasteiger partial charge is 0.382 e. The van der Waals surface area contributed by atoms with Gasteiger partial charge in [0.25, 0.3) is 0 Å². The summed E-state index contributed by atoms with van der Waals surface area (Å²) in [4.78, 5) is 4.87. The summed E-state index contributed by atoms with van der Waals surface area (Å²) in [7, 11) is 0. The third-order valence-corrected chi connectivity index (χ3v) is 5.30. The van der Waals surface area contributed by atoms with Crippen molar-refractivity contribution in [1.29, 1.82) is 0 Å². The van der Waals surface area contributed by atoms with Crippen LogP contribution in [0.5, 0.6) is 0 Å². The fourth-order valence-electron chi connectivity index (χ4n) is 3.04. The molecule has 0 aromatic rings. The van der Waals surface area contributed by atoms with Crippen molar-refractivity contribution in [2.45, 2.75) is 46.0 Å². The van der Waals surface area contributed by atoms with Gasteiger partial charge in [0.15, 0.2) is 5.96 Å². The zero-order valence-corrected chi connectivity index (χ0v) is 18.6. The quantitative estimate of drug-likeness (QED) is 0.149. The van der Waals surface area contributed by atoms with E-state index in [1.165, 1.54) is 25.7 Å². The van der Waals surface area contributed by atoms with Gasteiger partial charge in [0.2, 0.25) is 0 Å². The van der Waals surface area contributed by atoms with Crippen LogP contribution >= 0.6 is 35.7 Å². The van der Waals surface area contributed by atoms with Crippen LogP contribution in [-0.2, 0) is 4.74 Å². The highest BCUT2D eigenvalue weighted by molar-refractivity contribution is 14.0. The maximum atomic E-state index is 5.59. The fourth-order valence-corrected chi connectivity index (χ4v) is 3.62. The van der Waals surface area contributed by atoms with E-state index in [-0.39, 0.29) is 24.0 Å². The lowest BCUT2D eigenvalue weighted by Gasteiger charge is -2.27. The van der Waals surface area contributed by atoms with Gasteiger partial charge in [-0.1, -0.05) is 18.9 Å². The molecule has 6 heteroatoms. The van der Waals surface area contributed by atoms with Crippen LogP contribution < -0.4 is 10.6 Å². The molecule has 0 atom stereocenters. The Morgan fingerprint density at radius 1 is 1.29 bits per heavy atom. The summed E-state index contributed by atoms with van der Waals surface area (Å²) >= 11 is 1.89. The molecule has 1 aliphatic rings. The third-order valence-electron chi connectivity index (χ3n) is 4.34. The summed E-state index contributed by atoms with van der Waals surface area (Å²) in [5.41, 5.74) is 0.356. The van der Waals surface area contributed by atoms with Gasteiger partial charge in [-0.05, 0) is 38.5 Å². The summed E-state index contributed by atoms with van der Waals surface area (Å²) in [5, 5.41) is 6.80. The lowest BCUT2D eigenvalue weighted by Crippen LogP contribution is -2.39. The van der Waals surface area contributed by atoms with Crippen molar-refractivity contribution in [1.82, 2.24) is 10.6 Å². The van der Waals surface area contributed by atoms with Crippen LogP contribution in [0.2, 0.25) is 0 Å². The van der Waals surface area contributed by atoms with Gasteiger partial charge in [-0.15, -0.1) is 30.6 Å². The van der Waals surface area contributed by atoms with Crippen molar-refractivity contribution in [2.24, 2.45) is 10.4 Å². The molecule has 0 aliphatic heterocycles. The van der Waals surface area contributed by atoms with E-state index in [0.717, 1.165) is 56.7 Å². The van der Waals surface area contributed by atoms with E-state index in [0.29, 0.717) is 5.41 Å². The molecule has 2 N–H and O–H groups in total. The number of hydrogen-bond donors (Lipinski definition) is 2.